The van der Waals surface area contributed by atoms with Crippen LogP contribution in [-0.2, 0) is 0 Å². The summed E-state index contributed by atoms with van der Waals surface area (Å²) >= 11 is 1.35. The molecule has 4 rings (SSSR count). The highest BCUT2D eigenvalue weighted by atomic mass is 32.1. The molecule has 0 bridgehead atoms. The van der Waals surface area contributed by atoms with Gasteiger partial charge in [-0.05, 0) is 43.7 Å². The summed E-state index contributed by atoms with van der Waals surface area (Å²) < 4.78 is 5.61. The molecule has 0 spiro atoms. The van der Waals surface area contributed by atoms with Gasteiger partial charge in [-0.2, -0.15) is 0 Å². The summed E-state index contributed by atoms with van der Waals surface area (Å²) in [5, 5.41) is 8.95. The van der Waals surface area contributed by atoms with Crippen LogP contribution < -0.4 is 10.2 Å². The Balaban J connectivity index is 1.54. The number of benzene rings is 1. The zero-order valence-electron chi connectivity index (χ0n) is 17.3. The lowest BCUT2D eigenvalue weighted by atomic mass is 9.99. The molecule has 1 N–H and O–H groups in total. The second-order valence-corrected chi connectivity index (χ2v) is 8.93. The Bertz CT molecular complexity index is 984. The number of anilines is 1. The van der Waals surface area contributed by atoms with E-state index >= 15 is 0 Å². The molecule has 3 aromatic rings. The highest BCUT2D eigenvalue weighted by Gasteiger charge is 2.20. The van der Waals surface area contributed by atoms with Crippen LogP contribution in [0, 0.1) is 5.92 Å². The van der Waals surface area contributed by atoms with Crippen LogP contribution >= 0.6 is 11.3 Å². The van der Waals surface area contributed by atoms with Crippen molar-refractivity contribution >= 4 is 33.9 Å². The zero-order valence-corrected chi connectivity index (χ0v) is 18.1. The molecule has 7 heteroatoms. The number of hydrogen-bond acceptors (Lipinski definition) is 6. The number of nitrogens with one attached hydrogen (secondary N) is 1. The Hall–Kier alpha value is -2.41. The van der Waals surface area contributed by atoms with E-state index in [2.05, 4.69) is 59.3 Å². The van der Waals surface area contributed by atoms with Gasteiger partial charge < -0.3 is 14.7 Å². The third-order valence-electron chi connectivity index (χ3n) is 5.86. The van der Waals surface area contributed by atoms with Gasteiger partial charge in [-0.15, -0.1) is 11.3 Å². The molecular weight excluding hydrogens is 384 g/mol. The Morgan fingerprint density at radius 3 is 2.79 bits per heavy atom. The van der Waals surface area contributed by atoms with E-state index in [4.69, 9.17) is 4.52 Å². The minimum Gasteiger partial charge on any atom is -0.371 e. The fourth-order valence-corrected chi connectivity index (χ4v) is 4.60. The predicted molar refractivity (Wildman–Crippen MR) is 118 cm³/mol. The predicted octanol–water partition coefficient (Wildman–Crippen LogP) is 5.11. The quantitative estimate of drug-likeness (QED) is 0.609. The van der Waals surface area contributed by atoms with Gasteiger partial charge in [0.2, 0.25) is 0 Å². The van der Waals surface area contributed by atoms with Gasteiger partial charge in [-0.25, -0.2) is 4.98 Å². The Morgan fingerprint density at radius 1 is 1.31 bits per heavy atom. The molecule has 1 saturated heterocycles. The number of thiazole rings is 1. The zero-order chi connectivity index (χ0) is 20.4. The van der Waals surface area contributed by atoms with Crippen molar-refractivity contribution in [1.82, 2.24) is 15.5 Å². The molecule has 3 heterocycles. The van der Waals surface area contributed by atoms with Gasteiger partial charge in [0, 0.05) is 30.9 Å². The van der Waals surface area contributed by atoms with Crippen LogP contribution in [0.3, 0.4) is 0 Å². The summed E-state index contributed by atoms with van der Waals surface area (Å²) in [6, 6.07) is 6.45. The second kappa shape index (κ2) is 8.53. The van der Waals surface area contributed by atoms with E-state index in [0.29, 0.717) is 15.6 Å². The van der Waals surface area contributed by atoms with Crippen molar-refractivity contribution in [3.63, 3.8) is 0 Å². The number of amides is 1. The highest BCUT2D eigenvalue weighted by molar-refractivity contribution is 7.17. The molecule has 2 aromatic heterocycles. The molecule has 0 saturated carbocycles. The molecule has 6 nitrogen and oxygen atoms in total. The first kappa shape index (κ1) is 19.9. The standard InChI is InChI=1S/C22H28N4O2S/c1-4-15(5-2)24-21(27)19-13-23-22(29-19)20-17-7-6-16(12-18(17)28-25-20)26-10-8-14(3)9-11-26/h6-7,12-15H,4-5,8-11H2,1-3H3,(H,24,27). The SMILES string of the molecule is CCC(CC)NC(=O)c1cnc(-c2noc3cc(N4CCC(C)CC4)ccc23)s1. The van der Waals surface area contributed by atoms with Crippen LogP contribution in [0.25, 0.3) is 21.7 Å². The van der Waals surface area contributed by atoms with E-state index < -0.39 is 0 Å². The summed E-state index contributed by atoms with van der Waals surface area (Å²) in [5.74, 6) is 0.727. The maximum atomic E-state index is 12.5. The highest BCUT2D eigenvalue weighted by Crippen LogP contribution is 2.34. The molecule has 0 unspecified atom stereocenters. The van der Waals surface area contributed by atoms with Crippen molar-refractivity contribution in [1.29, 1.82) is 0 Å². The lowest BCUT2D eigenvalue weighted by Gasteiger charge is -2.32. The Kier molecular flexibility index (Phi) is 5.85. The summed E-state index contributed by atoms with van der Waals surface area (Å²) in [5.41, 5.74) is 2.64. The van der Waals surface area contributed by atoms with Gasteiger partial charge in [0.05, 0.1) is 11.6 Å². The maximum absolute atomic E-state index is 12.5. The average molecular weight is 413 g/mol. The van der Waals surface area contributed by atoms with Gasteiger partial charge >= 0.3 is 0 Å². The third-order valence-corrected chi connectivity index (χ3v) is 6.86. The van der Waals surface area contributed by atoms with Gasteiger partial charge in [0.15, 0.2) is 5.58 Å². The van der Waals surface area contributed by atoms with E-state index in [1.165, 1.54) is 29.9 Å². The van der Waals surface area contributed by atoms with Crippen LogP contribution in [0.5, 0.6) is 0 Å². The summed E-state index contributed by atoms with van der Waals surface area (Å²) in [7, 11) is 0. The number of nitrogens with zero attached hydrogens (tertiary/aromatic N) is 3. The molecule has 29 heavy (non-hydrogen) atoms. The van der Waals surface area contributed by atoms with E-state index in [1.54, 1.807) is 6.20 Å². The largest absolute Gasteiger partial charge is 0.371 e. The van der Waals surface area contributed by atoms with E-state index in [9.17, 15) is 4.79 Å². The number of hydrogen-bond donors (Lipinski definition) is 1. The average Bonchev–Trinajstić information content (AvgIpc) is 3.39. The topological polar surface area (TPSA) is 71.3 Å². The molecule has 1 aliphatic heterocycles. The van der Waals surface area contributed by atoms with Crippen LogP contribution in [0.15, 0.2) is 28.9 Å². The van der Waals surface area contributed by atoms with Crippen molar-refractivity contribution in [2.24, 2.45) is 5.92 Å². The summed E-state index contributed by atoms with van der Waals surface area (Å²) in [6.45, 7) is 8.63. The van der Waals surface area contributed by atoms with Gasteiger partial charge in [-0.1, -0.05) is 25.9 Å². The third kappa shape index (κ3) is 4.15. The smallest absolute Gasteiger partial charge is 0.263 e. The van der Waals surface area contributed by atoms with Gasteiger partial charge in [0.25, 0.3) is 5.91 Å². The number of carbonyl (C=O) groups excluding carboxylic acids is 1. The van der Waals surface area contributed by atoms with Crippen LogP contribution in [0.2, 0.25) is 0 Å². The van der Waals surface area contributed by atoms with Gasteiger partial charge in [-0.3, -0.25) is 4.79 Å². The minimum atomic E-state index is -0.0723. The molecule has 0 radical (unpaired) electrons. The van der Waals surface area contributed by atoms with Crippen molar-refractivity contribution in [2.45, 2.75) is 52.5 Å². The first-order valence-electron chi connectivity index (χ1n) is 10.5. The summed E-state index contributed by atoms with van der Waals surface area (Å²) in [4.78, 5) is 19.9. The normalized spacial score (nSPS) is 15.4. The lowest BCUT2D eigenvalue weighted by Crippen LogP contribution is -2.33. The molecular formula is C22H28N4O2S. The molecule has 0 aliphatic carbocycles. The molecule has 1 aromatic carbocycles. The van der Waals surface area contributed by atoms with Crippen LogP contribution in [0.1, 0.15) is 56.1 Å². The van der Waals surface area contributed by atoms with Crippen molar-refractivity contribution in [2.75, 3.05) is 18.0 Å². The van der Waals surface area contributed by atoms with Crippen molar-refractivity contribution in [3.8, 4) is 10.7 Å². The Labute approximate surface area is 175 Å². The maximum Gasteiger partial charge on any atom is 0.263 e. The molecule has 0 atom stereocenters. The Morgan fingerprint density at radius 2 is 2.07 bits per heavy atom. The first-order chi connectivity index (χ1) is 14.1. The first-order valence-corrected chi connectivity index (χ1v) is 11.3. The summed E-state index contributed by atoms with van der Waals surface area (Å²) in [6.07, 6.45) is 5.91. The number of rotatable bonds is 6. The molecule has 1 aliphatic rings. The number of aromatic nitrogens is 2. The fourth-order valence-electron chi connectivity index (χ4n) is 3.78. The number of carbonyl (C=O) groups is 1. The van der Waals surface area contributed by atoms with E-state index in [1.807, 2.05) is 0 Å². The van der Waals surface area contributed by atoms with Crippen LogP contribution in [-0.4, -0.2) is 35.2 Å². The van der Waals surface area contributed by atoms with Crippen molar-refractivity contribution < 1.29 is 9.32 Å². The molecule has 154 valence electrons. The van der Waals surface area contributed by atoms with Crippen molar-refractivity contribution in [3.05, 3.63) is 29.3 Å². The number of piperidine rings is 1. The number of fused-ring (bicyclic) bond motifs is 1. The van der Waals surface area contributed by atoms with E-state index in [0.717, 1.165) is 42.8 Å². The lowest BCUT2D eigenvalue weighted by molar-refractivity contribution is 0.0939. The van der Waals surface area contributed by atoms with Crippen LogP contribution in [0.4, 0.5) is 5.69 Å². The fraction of sp³-hybridized carbons (Fsp3) is 0.500. The van der Waals surface area contributed by atoms with Gasteiger partial charge in [0.1, 0.15) is 15.6 Å². The minimum absolute atomic E-state index is 0.0723. The second-order valence-electron chi connectivity index (χ2n) is 7.90. The van der Waals surface area contributed by atoms with E-state index in [-0.39, 0.29) is 11.9 Å². The monoisotopic (exact) mass is 412 g/mol. The molecule has 1 fully saturated rings. The molecule has 1 amide bonds.